The zero-order chi connectivity index (χ0) is 16.4. The molecule has 0 atom stereocenters. The van der Waals surface area contributed by atoms with E-state index in [0.29, 0.717) is 28.0 Å². The van der Waals surface area contributed by atoms with Crippen LogP contribution in [0.4, 0.5) is 16.2 Å². The summed E-state index contributed by atoms with van der Waals surface area (Å²) in [6.45, 7) is 0. The molecule has 4 N–H and O–H groups in total. The quantitative estimate of drug-likeness (QED) is 0.550. The average molecular weight is 328 g/mol. The van der Waals surface area contributed by atoms with E-state index in [1.807, 2.05) is 0 Å². The van der Waals surface area contributed by atoms with Crippen LogP contribution in [0.5, 0.6) is 0 Å². The van der Waals surface area contributed by atoms with Crippen LogP contribution in [-0.4, -0.2) is 27.3 Å². The fourth-order valence-corrected chi connectivity index (χ4v) is 2.16. The first kappa shape index (κ1) is 14.9. The summed E-state index contributed by atoms with van der Waals surface area (Å²) in [4.78, 5) is 23.2. The molecule has 8 nitrogen and oxygen atoms in total. The molecule has 9 heteroatoms. The summed E-state index contributed by atoms with van der Waals surface area (Å²) < 4.78 is 1.12. The summed E-state index contributed by atoms with van der Waals surface area (Å²) in [6, 6.07) is 10.9. The molecule has 1 heterocycles. The second-order valence-electron chi connectivity index (χ2n) is 4.68. The molecule has 0 bridgehead atoms. The van der Waals surface area contributed by atoms with Gasteiger partial charge < -0.3 is 11.1 Å². The molecule has 0 aliphatic carbocycles. The summed E-state index contributed by atoms with van der Waals surface area (Å²) in [6.07, 6.45) is 0. The highest BCUT2D eigenvalue weighted by atomic mass is 32.1. The minimum absolute atomic E-state index is 0.354. The number of fused-ring (bicyclic) bond motifs is 1. The maximum Gasteiger partial charge on any atom is 0.336 e. The number of anilines is 2. The van der Waals surface area contributed by atoms with Crippen molar-refractivity contribution in [3.8, 4) is 0 Å². The van der Waals surface area contributed by atoms with Gasteiger partial charge in [-0.1, -0.05) is 12.8 Å². The van der Waals surface area contributed by atoms with E-state index in [4.69, 9.17) is 5.73 Å². The van der Waals surface area contributed by atoms with Crippen molar-refractivity contribution in [1.29, 1.82) is 0 Å². The van der Waals surface area contributed by atoms with Gasteiger partial charge >= 0.3 is 6.03 Å². The predicted molar refractivity (Wildman–Crippen MR) is 89.3 cm³/mol. The van der Waals surface area contributed by atoms with E-state index in [1.165, 1.54) is 12.1 Å². The summed E-state index contributed by atoms with van der Waals surface area (Å²) in [7, 11) is 0. The topological polar surface area (TPSA) is 117 Å². The Kier molecular flexibility index (Phi) is 3.85. The number of benzene rings is 2. The molecule has 0 radical (unpaired) electrons. The number of carbonyl (C=O) groups excluding carboxylic acids is 2. The van der Waals surface area contributed by atoms with E-state index < -0.39 is 11.9 Å². The van der Waals surface area contributed by atoms with Crippen LogP contribution in [0, 0.1) is 0 Å². The van der Waals surface area contributed by atoms with Crippen molar-refractivity contribution in [3.05, 3.63) is 48.0 Å². The maximum absolute atomic E-state index is 12.2. The third-order valence-corrected chi connectivity index (χ3v) is 3.57. The molecule has 0 aliphatic rings. The molecular formula is C14H12N6O2S. The Bertz CT molecular complexity index is 876. The SMILES string of the molecule is NC(=O)c1ccc(N(S)C(=O)Nc2ccc3n[nH]nc3c2)cc1. The zero-order valence-corrected chi connectivity index (χ0v) is 12.6. The van der Waals surface area contributed by atoms with Crippen LogP contribution in [0.15, 0.2) is 42.5 Å². The van der Waals surface area contributed by atoms with Crippen molar-refractivity contribution < 1.29 is 9.59 Å². The van der Waals surface area contributed by atoms with Gasteiger partial charge in [0, 0.05) is 11.3 Å². The predicted octanol–water partition coefficient (Wildman–Crippen LogP) is 1.94. The first-order chi connectivity index (χ1) is 11.0. The molecule has 3 aromatic rings. The Morgan fingerprint density at radius 3 is 2.48 bits per heavy atom. The number of urea groups is 1. The van der Waals surface area contributed by atoms with Gasteiger partial charge in [0.15, 0.2) is 0 Å². The van der Waals surface area contributed by atoms with E-state index in [2.05, 4.69) is 33.5 Å². The number of aromatic nitrogens is 3. The van der Waals surface area contributed by atoms with Crippen LogP contribution < -0.4 is 15.4 Å². The summed E-state index contributed by atoms with van der Waals surface area (Å²) >= 11 is 4.16. The second-order valence-corrected chi connectivity index (χ2v) is 5.08. The molecule has 3 rings (SSSR count). The average Bonchev–Trinajstić information content (AvgIpc) is 3.01. The number of rotatable bonds is 3. The van der Waals surface area contributed by atoms with Crippen molar-refractivity contribution in [2.75, 3.05) is 9.62 Å². The van der Waals surface area contributed by atoms with Gasteiger partial charge in [-0.25, -0.2) is 9.10 Å². The maximum atomic E-state index is 12.2. The van der Waals surface area contributed by atoms with Gasteiger partial charge in [0.25, 0.3) is 0 Å². The van der Waals surface area contributed by atoms with Gasteiger partial charge in [-0.15, -0.1) is 0 Å². The van der Waals surface area contributed by atoms with Crippen molar-refractivity contribution in [1.82, 2.24) is 15.4 Å². The molecule has 1 aromatic heterocycles. The molecule has 0 fully saturated rings. The largest absolute Gasteiger partial charge is 0.366 e. The Labute approximate surface area is 136 Å². The van der Waals surface area contributed by atoms with Crippen LogP contribution in [0.2, 0.25) is 0 Å². The number of amides is 3. The lowest BCUT2D eigenvalue weighted by molar-refractivity contribution is 0.100. The lowest BCUT2D eigenvalue weighted by Crippen LogP contribution is -2.26. The van der Waals surface area contributed by atoms with Gasteiger partial charge in [-0.3, -0.25) is 4.79 Å². The highest BCUT2D eigenvalue weighted by Crippen LogP contribution is 2.20. The summed E-state index contributed by atoms with van der Waals surface area (Å²) in [5.74, 6) is -0.535. The van der Waals surface area contributed by atoms with Crippen LogP contribution in [-0.2, 0) is 0 Å². The van der Waals surface area contributed by atoms with Gasteiger partial charge in [0.05, 0.1) is 5.69 Å². The van der Waals surface area contributed by atoms with Gasteiger partial charge in [-0.05, 0) is 42.5 Å². The highest BCUT2D eigenvalue weighted by Gasteiger charge is 2.13. The van der Waals surface area contributed by atoms with E-state index in [0.717, 1.165) is 4.31 Å². The third-order valence-electron chi connectivity index (χ3n) is 3.16. The number of nitrogens with zero attached hydrogens (tertiary/aromatic N) is 3. The molecule has 0 saturated carbocycles. The van der Waals surface area contributed by atoms with E-state index in [1.54, 1.807) is 30.3 Å². The van der Waals surface area contributed by atoms with Gasteiger partial charge in [0.2, 0.25) is 5.91 Å². The number of carbonyl (C=O) groups is 2. The number of thiol groups is 1. The van der Waals surface area contributed by atoms with Crippen LogP contribution in [0.25, 0.3) is 11.0 Å². The Morgan fingerprint density at radius 1 is 1.09 bits per heavy atom. The number of hydrogen-bond acceptors (Lipinski definition) is 5. The number of nitrogens with two attached hydrogens (primary N) is 1. The van der Waals surface area contributed by atoms with Crippen molar-refractivity contribution in [2.45, 2.75) is 0 Å². The summed E-state index contributed by atoms with van der Waals surface area (Å²) in [5, 5.41) is 13.1. The van der Waals surface area contributed by atoms with E-state index >= 15 is 0 Å². The van der Waals surface area contributed by atoms with Crippen molar-refractivity contribution >= 4 is 47.2 Å². The van der Waals surface area contributed by atoms with Crippen molar-refractivity contribution in [3.63, 3.8) is 0 Å². The van der Waals surface area contributed by atoms with Crippen LogP contribution in [0.3, 0.4) is 0 Å². The molecule has 0 aliphatic heterocycles. The molecule has 0 saturated heterocycles. The zero-order valence-electron chi connectivity index (χ0n) is 11.7. The van der Waals surface area contributed by atoms with E-state index in [-0.39, 0.29) is 0 Å². The lowest BCUT2D eigenvalue weighted by atomic mass is 10.2. The normalized spacial score (nSPS) is 10.5. The Balaban J connectivity index is 1.74. The number of hydrogen-bond donors (Lipinski definition) is 4. The van der Waals surface area contributed by atoms with Crippen LogP contribution >= 0.6 is 12.8 Å². The molecule has 2 aromatic carbocycles. The van der Waals surface area contributed by atoms with Gasteiger partial charge in [-0.2, -0.15) is 15.4 Å². The standard InChI is InChI=1S/C14H12N6O2S/c15-13(21)8-1-4-10(5-2-8)20(23)14(22)16-9-3-6-11-12(7-9)18-19-17-11/h1-7,23H,(H2,15,21)(H,16,22)(H,17,18,19). The molecule has 0 unspecified atom stereocenters. The Hall–Kier alpha value is -3.07. The van der Waals surface area contributed by atoms with E-state index in [9.17, 15) is 9.59 Å². The lowest BCUT2D eigenvalue weighted by Gasteiger charge is -2.16. The number of H-pyrrole nitrogens is 1. The molecule has 3 amide bonds. The van der Waals surface area contributed by atoms with Crippen molar-refractivity contribution in [2.24, 2.45) is 5.73 Å². The second kappa shape index (κ2) is 5.97. The number of aromatic amines is 1. The monoisotopic (exact) mass is 328 g/mol. The smallest absolute Gasteiger partial charge is 0.336 e. The minimum Gasteiger partial charge on any atom is -0.366 e. The fourth-order valence-electron chi connectivity index (χ4n) is 1.98. The first-order valence-electron chi connectivity index (χ1n) is 6.55. The third kappa shape index (κ3) is 3.09. The number of nitrogens with one attached hydrogen (secondary N) is 2. The molecule has 0 spiro atoms. The van der Waals surface area contributed by atoms with Gasteiger partial charge in [0.1, 0.15) is 11.0 Å². The molecular weight excluding hydrogens is 316 g/mol. The first-order valence-corrected chi connectivity index (χ1v) is 6.95. The van der Waals surface area contributed by atoms with Crippen LogP contribution in [0.1, 0.15) is 10.4 Å². The minimum atomic E-state index is -0.535. The summed E-state index contributed by atoms with van der Waals surface area (Å²) in [5.41, 5.74) is 7.93. The fraction of sp³-hybridized carbons (Fsp3) is 0. The molecule has 116 valence electrons. The highest BCUT2D eigenvalue weighted by molar-refractivity contribution is 7.82. The molecule has 23 heavy (non-hydrogen) atoms. The Morgan fingerprint density at radius 2 is 1.78 bits per heavy atom. The number of primary amides is 1.